The predicted molar refractivity (Wildman–Crippen MR) is 110 cm³/mol. The number of nitrogens with two attached hydrogens (primary N) is 1. The van der Waals surface area contributed by atoms with Crippen molar-refractivity contribution in [3.8, 4) is 17.0 Å². The smallest absolute Gasteiger partial charge is 0.406 e. The van der Waals surface area contributed by atoms with Crippen molar-refractivity contribution in [1.82, 2.24) is 24.9 Å². The highest BCUT2D eigenvalue weighted by Gasteiger charge is 2.31. The van der Waals surface area contributed by atoms with Gasteiger partial charge in [-0.2, -0.15) is 4.98 Å². The van der Waals surface area contributed by atoms with Gasteiger partial charge in [-0.1, -0.05) is 6.07 Å². The molecule has 0 atom stereocenters. The van der Waals surface area contributed by atoms with Crippen LogP contribution >= 0.6 is 0 Å². The van der Waals surface area contributed by atoms with Gasteiger partial charge < -0.3 is 15.8 Å². The molecule has 33 heavy (non-hydrogen) atoms. The molecule has 3 heterocycles. The minimum absolute atomic E-state index is 0.0801. The fourth-order valence-electron chi connectivity index (χ4n) is 3.12. The number of aryl methyl sites for hydroxylation is 1. The second-order valence-electron chi connectivity index (χ2n) is 7.03. The summed E-state index contributed by atoms with van der Waals surface area (Å²) in [5, 5.41) is 6.47. The third kappa shape index (κ3) is 5.00. The molecule has 12 heteroatoms. The van der Waals surface area contributed by atoms with Crippen LogP contribution in [0.15, 0.2) is 48.7 Å². The number of ether oxygens (including phenoxy) is 1. The molecule has 1 aromatic carbocycles. The molecule has 0 bridgehead atoms. The van der Waals surface area contributed by atoms with Gasteiger partial charge in [0.25, 0.3) is 5.91 Å². The molecule has 0 aliphatic heterocycles. The Bertz CT molecular complexity index is 1350. The van der Waals surface area contributed by atoms with Crippen molar-refractivity contribution < 1.29 is 27.1 Å². The fourth-order valence-corrected chi connectivity index (χ4v) is 3.12. The molecule has 1 amide bonds. The van der Waals surface area contributed by atoms with Gasteiger partial charge in [0.15, 0.2) is 5.65 Å². The molecule has 3 N–H and O–H groups in total. The molecule has 4 aromatic rings. The molecule has 0 aliphatic rings. The zero-order valence-electron chi connectivity index (χ0n) is 17.0. The number of carbonyl (C=O) groups excluding carboxylic acids is 1. The SMILES string of the molecule is Cc1ccc(-c2ccn3nc(N)nc3c2)nc1C(=O)NCc1cc(OC(F)(F)F)ccc1F. The lowest BCUT2D eigenvalue weighted by Crippen LogP contribution is -2.25. The second-order valence-corrected chi connectivity index (χ2v) is 7.03. The van der Waals surface area contributed by atoms with Gasteiger partial charge in [-0.05, 0) is 48.9 Å². The van der Waals surface area contributed by atoms with Crippen LogP contribution in [-0.2, 0) is 6.54 Å². The van der Waals surface area contributed by atoms with E-state index in [1.165, 1.54) is 4.52 Å². The van der Waals surface area contributed by atoms with Gasteiger partial charge in [0.1, 0.15) is 17.3 Å². The number of benzene rings is 1. The highest BCUT2D eigenvalue weighted by molar-refractivity contribution is 5.94. The first-order valence-corrected chi connectivity index (χ1v) is 9.51. The number of alkyl halides is 3. The Morgan fingerprint density at radius 3 is 2.70 bits per heavy atom. The monoisotopic (exact) mass is 460 g/mol. The lowest BCUT2D eigenvalue weighted by Gasteiger charge is -2.12. The van der Waals surface area contributed by atoms with E-state index in [9.17, 15) is 22.4 Å². The number of pyridine rings is 2. The zero-order chi connectivity index (χ0) is 23.8. The van der Waals surface area contributed by atoms with Crippen LogP contribution in [0.1, 0.15) is 21.6 Å². The first-order valence-electron chi connectivity index (χ1n) is 9.51. The van der Waals surface area contributed by atoms with Crippen molar-refractivity contribution >= 4 is 17.5 Å². The number of nitrogen functional groups attached to an aromatic ring is 1. The predicted octanol–water partition coefficient (Wildman–Crippen LogP) is 3.65. The van der Waals surface area contributed by atoms with E-state index in [0.717, 1.165) is 18.2 Å². The maximum atomic E-state index is 14.0. The third-order valence-corrected chi connectivity index (χ3v) is 4.65. The molecule has 8 nitrogen and oxygen atoms in total. The number of fused-ring (bicyclic) bond motifs is 1. The maximum Gasteiger partial charge on any atom is 0.573 e. The van der Waals surface area contributed by atoms with Gasteiger partial charge in [0, 0.05) is 23.9 Å². The first-order chi connectivity index (χ1) is 15.6. The summed E-state index contributed by atoms with van der Waals surface area (Å²) < 4.78 is 56.5. The summed E-state index contributed by atoms with van der Waals surface area (Å²) in [7, 11) is 0. The van der Waals surface area contributed by atoms with E-state index < -0.39 is 23.8 Å². The number of hydrogen-bond donors (Lipinski definition) is 2. The standard InChI is InChI=1S/C21H16F4N6O2/c1-11-2-5-16(12-6-7-31-17(9-12)29-20(26)30-31)28-18(11)19(32)27-10-13-8-14(3-4-15(13)22)33-21(23,24)25/h2-9H,10H2,1H3,(H2,26,30)(H,27,32). The Labute approximate surface area is 184 Å². The van der Waals surface area contributed by atoms with Crippen LogP contribution in [0.2, 0.25) is 0 Å². The van der Waals surface area contributed by atoms with Gasteiger partial charge in [0.05, 0.1) is 5.69 Å². The summed E-state index contributed by atoms with van der Waals surface area (Å²) in [5.74, 6) is -1.89. The average molecular weight is 460 g/mol. The minimum atomic E-state index is -4.92. The largest absolute Gasteiger partial charge is 0.573 e. The highest BCUT2D eigenvalue weighted by atomic mass is 19.4. The number of rotatable bonds is 5. The van der Waals surface area contributed by atoms with Crippen molar-refractivity contribution in [1.29, 1.82) is 0 Å². The molecule has 0 fully saturated rings. The lowest BCUT2D eigenvalue weighted by molar-refractivity contribution is -0.274. The Morgan fingerprint density at radius 2 is 1.94 bits per heavy atom. The maximum absolute atomic E-state index is 14.0. The van der Waals surface area contributed by atoms with E-state index in [1.807, 2.05) is 0 Å². The fraction of sp³-hybridized carbons (Fsp3) is 0.143. The molecule has 4 rings (SSSR count). The molecule has 3 aromatic heterocycles. The van der Waals surface area contributed by atoms with Crippen LogP contribution in [0.3, 0.4) is 0 Å². The van der Waals surface area contributed by atoms with E-state index in [2.05, 4.69) is 25.1 Å². The third-order valence-electron chi connectivity index (χ3n) is 4.65. The average Bonchev–Trinajstić information content (AvgIpc) is 3.12. The van der Waals surface area contributed by atoms with Crippen molar-refractivity contribution in [2.75, 3.05) is 5.73 Å². The second kappa shape index (κ2) is 8.37. The van der Waals surface area contributed by atoms with Crippen LogP contribution in [0.4, 0.5) is 23.5 Å². The Balaban J connectivity index is 1.54. The van der Waals surface area contributed by atoms with E-state index in [-0.39, 0.29) is 23.8 Å². The van der Waals surface area contributed by atoms with Crippen LogP contribution in [0.25, 0.3) is 16.9 Å². The van der Waals surface area contributed by atoms with E-state index in [1.54, 1.807) is 37.4 Å². The summed E-state index contributed by atoms with van der Waals surface area (Å²) in [5.41, 5.74) is 7.68. The van der Waals surface area contributed by atoms with Crippen molar-refractivity contribution in [3.05, 3.63) is 71.3 Å². The molecule has 0 spiro atoms. The number of nitrogens with one attached hydrogen (secondary N) is 1. The summed E-state index contributed by atoms with van der Waals surface area (Å²) >= 11 is 0. The number of halogens is 4. The quantitative estimate of drug-likeness (QED) is 0.441. The van der Waals surface area contributed by atoms with Gasteiger partial charge in [-0.15, -0.1) is 18.3 Å². The summed E-state index contributed by atoms with van der Waals surface area (Å²) in [6.07, 6.45) is -3.27. The summed E-state index contributed by atoms with van der Waals surface area (Å²) in [6.45, 7) is 1.31. The topological polar surface area (TPSA) is 107 Å². The Kier molecular flexibility index (Phi) is 5.58. The molecule has 0 radical (unpaired) electrons. The van der Waals surface area contributed by atoms with Crippen LogP contribution in [-0.4, -0.2) is 31.9 Å². The van der Waals surface area contributed by atoms with Crippen molar-refractivity contribution in [3.63, 3.8) is 0 Å². The summed E-state index contributed by atoms with van der Waals surface area (Å²) in [6, 6.07) is 9.39. The van der Waals surface area contributed by atoms with Gasteiger partial charge in [-0.3, -0.25) is 4.79 Å². The Morgan fingerprint density at radius 1 is 1.15 bits per heavy atom. The molecule has 170 valence electrons. The lowest BCUT2D eigenvalue weighted by atomic mass is 10.1. The zero-order valence-corrected chi connectivity index (χ0v) is 17.0. The molecule has 0 unspecified atom stereocenters. The molecular weight excluding hydrogens is 444 g/mol. The molecule has 0 saturated heterocycles. The molecular formula is C21H16F4N6O2. The molecule has 0 saturated carbocycles. The van der Waals surface area contributed by atoms with Crippen LogP contribution < -0.4 is 15.8 Å². The van der Waals surface area contributed by atoms with Crippen LogP contribution in [0, 0.1) is 12.7 Å². The van der Waals surface area contributed by atoms with E-state index in [4.69, 9.17) is 5.73 Å². The normalized spacial score (nSPS) is 11.5. The summed E-state index contributed by atoms with van der Waals surface area (Å²) in [4.78, 5) is 21.2. The van der Waals surface area contributed by atoms with Crippen molar-refractivity contribution in [2.24, 2.45) is 0 Å². The van der Waals surface area contributed by atoms with Gasteiger partial charge in [-0.25, -0.2) is 13.9 Å². The van der Waals surface area contributed by atoms with Gasteiger partial charge in [0.2, 0.25) is 5.95 Å². The number of hydrogen-bond acceptors (Lipinski definition) is 6. The number of nitrogens with zero attached hydrogens (tertiary/aromatic N) is 4. The first kappa shape index (κ1) is 22.0. The highest BCUT2D eigenvalue weighted by Crippen LogP contribution is 2.25. The Hall–Kier alpha value is -4.22. The minimum Gasteiger partial charge on any atom is -0.406 e. The number of amides is 1. The number of aromatic nitrogens is 4. The van der Waals surface area contributed by atoms with Crippen molar-refractivity contribution in [2.45, 2.75) is 19.8 Å². The van der Waals surface area contributed by atoms with Crippen LogP contribution in [0.5, 0.6) is 5.75 Å². The van der Waals surface area contributed by atoms with E-state index in [0.29, 0.717) is 22.5 Å². The number of anilines is 1. The van der Waals surface area contributed by atoms with Gasteiger partial charge >= 0.3 is 6.36 Å². The number of carbonyl (C=O) groups is 1. The molecule has 0 aliphatic carbocycles. The van der Waals surface area contributed by atoms with E-state index >= 15 is 0 Å².